The number of aliphatic carboxylic acids is 2. The SMILES string of the molecule is O=C(O)C(CC(C(=O)O)c1ccccc1F)c1ccccc1. The minimum absolute atomic E-state index is 0.00261. The zero-order valence-corrected chi connectivity index (χ0v) is 11.6. The maximum atomic E-state index is 13.8. The van der Waals surface area contributed by atoms with Crippen molar-refractivity contribution in [2.45, 2.75) is 18.3 Å². The fourth-order valence-electron chi connectivity index (χ4n) is 2.42. The number of hydrogen-bond acceptors (Lipinski definition) is 2. The van der Waals surface area contributed by atoms with Gasteiger partial charge in [-0.2, -0.15) is 0 Å². The topological polar surface area (TPSA) is 74.6 Å². The van der Waals surface area contributed by atoms with Crippen LogP contribution in [0.15, 0.2) is 54.6 Å². The standard InChI is InChI=1S/C17H15FO4/c18-15-9-5-4-8-12(15)14(17(21)22)10-13(16(19)20)11-6-2-1-3-7-11/h1-9,13-14H,10H2,(H,19,20)(H,21,22). The smallest absolute Gasteiger partial charge is 0.311 e. The van der Waals surface area contributed by atoms with E-state index in [4.69, 9.17) is 0 Å². The van der Waals surface area contributed by atoms with E-state index in [0.29, 0.717) is 5.56 Å². The molecule has 4 nitrogen and oxygen atoms in total. The Labute approximate surface area is 126 Å². The largest absolute Gasteiger partial charge is 0.481 e. The van der Waals surface area contributed by atoms with Crippen molar-refractivity contribution >= 4 is 11.9 Å². The molecule has 0 fully saturated rings. The molecule has 0 spiro atoms. The van der Waals surface area contributed by atoms with Gasteiger partial charge >= 0.3 is 11.9 Å². The number of carboxylic acid groups (broad SMARTS) is 2. The molecule has 114 valence electrons. The second-order valence-corrected chi connectivity index (χ2v) is 4.95. The number of carboxylic acids is 2. The van der Waals surface area contributed by atoms with Gasteiger partial charge in [0.2, 0.25) is 0 Å². The molecule has 0 heterocycles. The molecule has 0 amide bonds. The van der Waals surface area contributed by atoms with Gasteiger partial charge in [0.05, 0.1) is 11.8 Å². The highest BCUT2D eigenvalue weighted by Gasteiger charge is 2.30. The zero-order chi connectivity index (χ0) is 16.1. The summed E-state index contributed by atoms with van der Waals surface area (Å²) in [6, 6.07) is 13.9. The Morgan fingerprint density at radius 3 is 1.95 bits per heavy atom. The van der Waals surface area contributed by atoms with Crippen molar-refractivity contribution in [2.75, 3.05) is 0 Å². The van der Waals surface area contributed by atoms with Crippen LogP contribution in [-0.4, -0.2) is 22.2 Å². The Morgan fingerprint density at radius 1 is 0.864 bits per heavy atom. The lowest BCUT2D eigenvalue weighted by molar-refractivity contribution is -0.141. The summed E-state index contributed by atoms with van der Waals surface area (Å²) in [5.41, 5.74) is 0.495. The molecule has 5 heteroatoms. The van der Waals surface area contributed by atoms with E-state index in [2.05, 4.69) is 0 Å². The summed E-state index contributed by atoms with van der Waals surface area (Å²) in [6.07, 6.45) is -0.213. The predicted octanol–water partition coefficient (Wildman–Crippen LogP) is 3.25. The lowest BCUT2D eigenvalue weighted by atomic mass is 9.85. The third kappa shape index (κ3) is 3.49. The van der Waals surface area contributed by atoms with Gasteiger partial charge in [-0.3, -0.25) is 9.59 Å². The minimum atomic E-state index is -1.24. The highest BCUT2D eigenvalue weighted by atomic mass is 19.1. The van der Waals surface area contributed by atoms with Crippen LogP contribution in [0.25, 0.3) is 0 Å². The van der Waals surface area contributed by atoms with Crippen molar-refractivity contribution in [2.24, 2.45) is 0 Å². The molecule has 22 heavy (non-hydrogen) atoms. The van der Waals surface area contributed by atoms with Gasteiger partial charge in [0.25, 0.3) is 0 Å². The second-order valence-electron chi connectivity index (χ2n) is 4.95. The molecule has 2 unspecified atom stereocenters. The van der Waals surface area contributed by atoms with Crippen LogP contribution in [0.1, 0.15) is 29.4 Å². The van der Waals surface area contributed by atoms with Crippen molar-refractivity contribution in [3.63, 3.8) is 0 Å². The van der Waals surface area contributed by atoms with Crippen molar-refractivity contribution in [3.05, 3.63) is 71.5 Å². The summed E-state index contributed by atoms with van der Waals surface area (Å²) >= 11 is 0. The first-order valence-corrected chi connectivity index (χ1v) is 6.75. The van der Waals surface area contributed by atoms with Crippen LogP contribution < -0.4 is 0 Å². The average Bonchev–Trinajstić information content (AvgIpc) is 2.49. The number of benzene rings is 2. The maximum Gasteiger partial charge on any atom is 0.311 e. The Morgan fingerprint density at radius 2 is 1.41 bits per heavy atom. The Hall–Kier alpha value is -2.69. The van der Waals surface area contributed by atoms with Crippen LogP contribution in [0.4, 0.5) is 4.39 Å². The Balaban J connectivity index is 2.36. The van der Waals surface area contributed by atoms with Crippen molar-refractivity contribution in [3.8, 4) is 0 Å². The average molecular weight is 302 g/mol. The summed E-state index contributed by atoms with van der Waals surface area (Å²) in [5.74, 6) is -5.25. The molecule has 0 saturated carbocycles. The molecule has 2 atom stereocenters. The summed E-state index contributed by atoms with van der Waals surface area (Å²) < 4.78 is 13.8. The van der Waals surface area contributed by atoms with E-state index in [1.807, 2.05) is 0 Å². The molecule has 0 aliphatic rings. The molecule has 2 aromatic rings. The molecule has 2 rings (SSSR count). The monoisotopic (exact) mass is 302 g/mol. The quantitative estimate of drug-likeness (QED) is 0.859. The summed E-state index contributed by atoms with van der Waals surface area (Å²) in [4.78, 5) is 23.0. The molecule has 0 bridgehead atoms. The van der Waals surface area contributed by atoms with E-state index in [0.717, 1.165) is 0 Å². The first-order valence-electron chi connectivity index (χ1n) is 6.75. The fourth-order valence-corrected chi connectivity index (χ4v) is 2.42. The summed E-state index contributed by atoms with van der Waals surface area (Å²) in [5, 5.41) is 18.8. The van der Waals surface area contributed by atoms with Gasteiger partial charge in [-0.05, 0) is 18.1 Å². The third-order valence-electron chi connectivity index (χ3n) is 3.55. The highest BCUT2D eigenvalue weighted by Crippen LogP contribution is 2.31. The molecule has 2 aromatic carbocycles. The van der Waals surface area contributed by atoms with Gasteiger partial charge < -0.3 is 10.2 Å². The van der Waals surface area contributed by atoms with Gasteiger partial charge in [0, 0.05) is 5.56 Å². The lowest BCUT2D eigenvalue weighted by Crippen LogP contribution is -2.21. The van der Waals surface area contributed by atoms with Crippen molar-refractivity contribution in [1.29, 1.82) is 0 Å². The minimum Gasteiger partial charge on any atom is -0.481 e. The number of hydrogen-bond donors (Lipinski definition) is 2. The maximum absolute atomic E-state index is 13.8. The summed E-state index contributed by atoms with van der Waals surface area (Å²) in [7, 11) is 0. The normalized spacial score (nSPS) is 13.3. The predicted molar refractivity (Wildman–Crippen MR) is 78.2 cm³/mol. The van der Waals surface area contributed by atoms with Crippen LogP contribution in [0.2, 0.25) is 0 Å². The molecule has 0 saturated heterocycles. The van der Waals surface area contributed by atoms with E-state index >= 15 is 0 Å². The van der Waals surface area contributed by atoms with E-state index in [9.17, 15) is 24.2 Å². The van der Waals surface area contributed by atoms with E-state index in [1.54, 1.807) is 30.3 Å². The molecular formula is C17H15FO4. The van der Waals surface area contributed by atoms with E-state index in [-0.39, 0.29) is 12.0 Å². The lowest BCUT2D eigenvalue weighted by Gasteiger charge is -2.19. The number of carbonyl (C=O) groups is 2. The Bertz CT molecular complexity index is 669. The van der Waals surface area contributed by atoms with Crippen LogP contribution in [0, 0.1) is 5.82 Å². The van der Waals surface area contributed by atoms with E-state index in [1.165, 1.54) is 24.3 Å². The fraction of sp³-hybridized carbons (Fsp3) is 0.176. The van der Waals surface area contributed by atoms with Crippen LogP contribution >= 0.6 is 0 Å². The highest BCUT2D eigenvalue weighted by molar-refractivity contribution is 5.80. The van der Waals surface area contributed by atoms with Gasteiger partial charge in [-0.15, -0.1) is 0 Å². The first kappa shape index (κ1) is 15.7. The number of rotatable bonds is 6. The molecule has 0 aliphatic heterocycles. The summed E-state index contributed by atoms with van der Waals surface area (Å²) in [6.45, 7) is 0. The van der Waals surface area contributed by atoms with Crippen molar-refractivity contribution in [1.82, 2.24) is 0 Å². The van der Waals surface area contributed by atoms with Gasteiger partial charge in [0.15, 0.2) is 0 Å². The molecule has 0 radical (unpaired) electrons. The Kier molecular flexibility index (Phi) is 4.88. The molecule has 0 aromatic heterocycles. The van der Waals surface area contributed by atoms with E-state index < -0.39 is 29.6 Å². The third-order valence-corrected chi connectivity index (χ3v) is 3.55. The number of halogens is 1. The molecule has 2 N–H and O–H groups in total. The van der Waals surface area contributed by atoms with Crippen LogP contribution in [0.5, 0.6) is 0 Å². The van der Waals surface area contributed by atoms with Crippen LogP contribution in [-0.2, 0) is 9.59 Å². The van der Waals surface area contributed by atoms with Crippen molar-refractivity contribution < 1.29 is 24.2 Å². The van der Waals surface area contributed by atoms with Gasteiger partial charge in [-0.1, -0.05) is 48.5 Å². The second kappa shape index (κ2) is 6.85. The molecular weight excluding hydrogens is 287 g/mol. The first-order chi connectivity index (χ1) is 10.5. The van der Waals surface area contributed by atoms with Gasteiger partial charge in [-0.25, -0.2) is 4.39 Å². The van der Waals surface area contributed by atoms with Gasteiger partial charge in [0.1, 0.15) is 5.82 Å². The van der Waals surface area contributed by atoms with Crippen LogP contribution in [0.3, 0.4) is 0 Å². The zero-order valence-electron chi connectivity index (χ0n) is 11.6. The molecule has 0 aliphatic carbocycles.